The molecule has 1 fully saturated rings. The van der Waals surface area contributed by atoms with Crippen LogP contribution in [0.2, 0.25) is 5.02 Å². The molecule has 1 aliphatic rings. The van der Waals surface area contributed by atoms with Crippen LogP contribution in [0, 0.1) is 11.0 Å². The van der Waals surface area contributed by atoms with Crippen LogP contribution in [0.15, 0.2) is 18.2 Å². The first-order valence-electron chi connectivity index (χ1n) is 7.02. The number of hydroxylamine groups is 1. The van der Waals surface area contributed by atoms with Gasteiger partial charge in [0.05, 0.1) is 10.6 Å². The van der Waals surface area contributed by atoms with Crippen molar-refractivity contribution in [3.05, 3.63) is 39.8 Å². The van der Waals surface area contributed by atoms with Crippen LogP contribution in [0.25, 0.3) is 0 Å². The number of thiocarbonyl (C=S) groups is 1. The molecule has 2 rings (SSSR count). The molecule has 120 valence electrons. The second-order valence-corrected chi connectivity index (χ2v) is 8.36. The van der Waals surface area contributed by atoms with E-state index >= 15 is 0 Å². The second-order valence-electron chi connectivity index (χ2n) is 5.66. The van der Waals surface area contributed by atoms with Crippen molar-refractivity contribution < 1.29 is 9.13 Å². The average Bonchev–Trinajstić information content (AvgIpc) is 2.64. The number of nitrogens with zero attached hydrogens (tertiary/aromatic N) is 2. The van der Waals surface area contributed by atoms with Crippen LogP contribution in [-0.2, 0) is 0 Å². The molecular weight excluding hydrogens is 343 g/mol. The first-order chi connectivity index (χ1) is 10.3. The van der Waals surface area contributed by atoms with Crippen molar-refractivity contribution in [2.45, 2.75) is 38.1 Å². The Bertz CT molecular complexity index is 601. The Balaban J connectivity index is 2.43. The molecule has 7 heteroatoms. The fourth-order valence-corrected chi connectivity index (χ4v) is 4.68. The lowest BCUT2D eigenvalue weighted by atomic mass is 10.1. The summed E-state index contributed by atoms with van der Waals surface area (Å²) in [5.74, 6) is -0.513. The van der Waals surface area contributed by atoms with Crippen LogP contribution in [-0.4, -0.2) is 37.6 Å². The monoisotopic (exact) mass is 360 g/mol. The van der Waals surface area contributed by atoms with Gasteiger partial charge < -0.3 is 5.21 Å². The molecule has 3 nitrogen and oxygen atoms in total. The summed E-state index contributed by atoms with van der Waals surface area (Å²) in [5, 5.41) is 12.9. The highest BCUT2D eigenvalue weighted by Crippen LogP contribution is 2.41. The van der Waals surface area contributed by atoms with Crippen molar-refractivity contribution in [2.75, 3.05) is 6.54 Å². The van der Waals surface area contributed by atoms with Crippen molar-refractivity contribution in [3.63, 3.8) is 0 Å². The number of hydrogen-bond acceptors (Lipinski definition) is 3. The first-order valence-corrected chi connectivity index (χ1v) is 8.62. The molecule has 0 unspecified atom stereocenters. The minimum atomic E-state index is -0.513. The number of rotatable bonds is 4. The van der Waals surface area contributed by atoms with E-state index in [0.717, 1.165) is 11.2 Å². The van der Waals surface area contributed by atoms with E-state index in [4.69, 9.17) is 23.8 Å². The number of thioether (sulfide) groups is 1. The summed E-state index contributed by atoms with van der Waals surface area (Å²) >= 11 is 12.9. The van der Waals surface area contributed by atoms with Gasteiger partial charge in [0.25, 0.3) is 6.17 Å². The molecule has 0 spiro atoms. The van der Waals surface area contributed by atoms with Gasteiger partial charge in [-0.1, -0.05) is 48.6 Å². The largest absolute Gasteiger partial charge is 0.622 e. The zero-order chi connectivity index (χ0) is 16.5. The van der Waals surface area contributed by atoms with Gasteiger partial charge in [-0.25, -0.2) is 4.39 Å². The lowest BCUT2D eigenvalue weighted by Gasteiger charge is -2.29. The molecule has 0 amide bonds. The van der Waals surface area contributed by atoms with E-state index in [0.29, 0.717) is 10.9 Å². The van der Waals surface area contributed by atoms with Crippen LogP contribution in [0.1, 0.15) is 32.8 Å². The lowest BCUT2D eigenvalue weighted by Crippen LogP contribution is -2.48. The topological polar surface area (TPSA) is 29.3 Å². The maximum Gasteiger partial charge on any atom is 0.254 e. The summed E-state index contributed by atoms with van der Waals surface area (Å²) in [6.45, 7) is 6.65. The maximum absolute atomic E-state index is 13.9. The summed E-state index contributed by atoms with van der Waals surface area (Å²) in [6, 6.07) is 4.36. The normalized spacial score (nSPS) is 21.5. The Labute approximate surface area is 144 Å². The average molecular weight is 361 g/mol. The van der Waals surface area contributed by atoms with Crippen molar-refractivity contribution in [1.82, 2.24) is 4.90 Å². The molecule has 0 radical (unpaired) electrons. The molecular formula is C15H18ClFN2OS2. The van der Waals surface area contributed by atoms with Crippen molar-refractivity contribution >= 4 is 46.1 Å². The zero-order valence-electron chi connectivity index (χ0n) is 12.7. The molecule has 0 aromatic heterocycles. The summed E-state index contributed by atoms with van der Waals surface area (Å²) < 4.78 is 15.0. The predicted molar refractivity (Wildman–Crippen MR) is 95.3 cm³/mol. The molecule has 0 aliphatic carbocycles. The molecule has 0 N–H and O–H groups in total. The minimum absolute atomic E-state index is 0.106. The summed E-state index contributed by atoms with van der Waals surface area (Å²) in [4.78, 5) is 1.90. The van der Waals surface area contributed by atoms with Gasteiger partial charge in [-0.15, -0.1) is 0 Å². The van der Waals surface area contributed by atoms with E-state index in [-0.39, 0.29) is 15.3 Å². The highest BCUT2D eigenvalue weighted by Gasteiger charge is 2.50. The fraction of sp³-hybridized carbons (Fsp3) is 0.467. The highest BCUT2D eigenvalue weighted by molar-refractivity contribution is 8.24. The first kappa shape index (κ1) is 17.5. The van der Waals surface area contributed by atoms with Gasteiger partial charge in [-0.3, -0.25) is 4.90 Å². The Hall–Kier alpha value is -0.850. The molecule has 0 saturated carbocycles. The number of halogens is 2. The van der Waals surface area contributed by atoms with E-state index in [1.54, 1.807) is 6.07 Å². The molecule has 1 aromatic rings. The van der Waals surface area contributed by atoms with Gasteiger partial charge in [0.2, 0.25) is 0 Å². The predicted octanol–water partition coefficient (Wildman–Crippen LogP) is 4.26. The van der Waals surface area contributed by atoms with Gasteiger partial charge in [-0.2, -0.15) is 4.74 Å². The minimum Gasteiger partial charge on any atom is -0.622 e. The number of benzene rings is 1. The standard InChI is InChI=1S/C15H18ClFN2OS2/c1-4-8-18-13(15(2,3)22-14(18)21)19(20)9-10-11(16)6-5-7-12(10)17/h5-7,9,13H,4,8H2,1-3H3/b19-9-/t13-/m0/s1. The second kappa shape index (κ2) is 6.72. The van der Waals surface area contributed by atoms with Gasteiger partial charge in [0.15, 0.2) is 6.21 Å². The third kappa shape index (κ3) is 3.39. The van der Waals surface area contributed by atoms with Crippen LogP contribution in [0.4, 0.5) is 4.39 Å². The summed E-state index contributed by atoms with van der Waals surface area (Å²) in [6.07, 6.45) is 1.61. The van der Waals surface area contributed by atoms with Crippen LogP contribution in [0.3, 0.4) is 0 Å². The van der Waals surface area contributed by atoms with Crippen LogP contribution >= 0.6 is 35.6 Å². The Morgan fingerprint density at radius 3 is 2.82 bits per heavy atom. The maximum atomic E-state index is 13.9. The third-order valence-corrected chi connectivity index (χ3v) is 5.42. The Morgan fingerprint density at radius 2 is 2.23 bits per heavy atom. The van der Waals surface area contributed by atoms with Gasteiger partial charge in [0, 0.05) is 6.54 Å². The van der Waals surface area contributed by atoms with Crippen molar-refractivity contribution in [1.29, 1.82) is 0 Å². The van der Waals surface area contributed by atoms with E-state index < -0.39 is 12.0 Å². The summed E-state index contributed by atoms with van der Waals surface area (Å²) in [7, 11) is 0. The molecule has 1 heterocycles. The molecule has 1 saturated heterocycles. The Morgan fingerprint density at radius 1 is 1.55 bits per heavy atom. The van der Waals surface area contributed by atoms with Gasteiger partial charge in [0.1, 0.15) is 14.9 Å². The molecule has 1 atom stereocenters. The Kier molecular flexibility index (Phi) is 5.35. The van der Waals surface area contributed by atoms with Gasteiger partial charge >= 0.3 is 0 Å². The van der Waals surface area contributed by atoms with E-state index in [9.17, 15) is 9.60 Å². The summed E-state index contributed by atoms with van der Waals surface area (Å²) in [5.41, 5.74) is 0.106. The van der Waals surface area contributed by atoms with E-state index in [2.05, 4.69) is 0 Å². The smallest absolute Gasteiger partial charge is 0.254 e. The van der Waals surface area contributed by atoms with Crippen molar-refractivity contribution in [3.8, 4) is 0 Å². The van der Waals surface area contributed by atoms with Crippen LogP contribution in [0.5, 0.6) is 0 Å². The lowest BCUT2D eigenvalue weighted by molar-refractivity contribution is -0.523. The van der Waals surface area contributed by atoms with Gasteiger partial charge in [-0.05, 0) is 32.4 Å². The van der Waals surface area contributed by atoms with E-state index in [1.807, 2.05) is 25.7 Å². The quantitative estimate of drug-likeness (QED) is 0.264. The van der Waals surface area contributed by atoms with Crippen LogP contribution < -0.4 is 0 Å². The van der Waals surface area contributed by atoms with E-state index in [1.165, 1.54) is 30.1 Å². The molecule has 1 aliphatic heterocycles. The van der Waals surface area contributed by atoms with Crippen molar-refractivity contribution in [2.24, 2.45) is 0 Å². The third-order valence-electron chi connectivity index (χ3n) is 3.46. The SMILES string of the molecule is CCCN1C(=S)SC(C)(C)[C@@H]1/[N+]([O-])=C/c1c(F)cccc1Cl. The molecule has 1 aromatic carbocycles. The molecule has 0 bridgehead atoms. The fourth-order valence-electron chi connectivity index (χ4n) is 2.54. The zero-order valence-corrected chi connectivity index (χ0v) is 15.1. The highest BCUT2D eigenvalue weighted by atomic mass is 35.5. The molecule has 22 heavy (non-hydrogen) atoms. The number of hydrogen-bond donors (Lipinski definition) is 0.